The number of fused-ring (bicyclic) bond motifs is 1. The van der Waals surface area contributed by atoms with E-state index >= 15 is 0 Å². The van der Waals surface area contributed by atoms with E-state index in [2.05, 4.69) is 15.8 Å². The molecule has 0 unspecified atom stereocenters. The van der Waals surface area contributed by atoms with Crippen molar-refractivity contribution in [3.05, 3.63) is 45.8 Å². The lowest BCUT2D eigenvalue weighted by Crippen LogP contribution is -2.32. The minimum absolute atomic E-state index is 0.240. The van der Waals surface area contributed by atoms with Crippen molar-refractivity contribution in [1.29, 1.82) is 0 Å². The van der Waals surface area contributed by atoms with Crippen LogP contribution in [0.15, 0.2) is 34.3 Å². The number of thioether (sulfide) groups is 1. The van der Waals surface area contributed by atoms with E-state index in [0.717, 1.165) is 40.2 Å². The molecule has 0 saturated heterocycles. The lowest BCUT2D eigenvalue weighted by Gasteiger charge is -2.07. The quantitative estimate of drug-likeness (QED) is 0.241. The summed E-state index contributed by atoms with van der Waals surface area (Å²) < 4.78 is 5.12. The Hall–Kier alpha value is -2.65. The summed E-state index contributed by atoms with van der Waals surface area (Å²) in [5, 5.41) is 6.70. The fourth-order valence-corrected chi connectivity index (χ4v) is 4.66. The Labute approximate surface area is 176 Å². The molecule has 3 rings (SSSR count). The predicted octanol–water partition coefficient (Wildman–Crippen LogP) is 3.22. The Morgan fingerprint density at radius 3 is 2.66 bits per heavy atom. The van der Waals surface area contributed by atoms with Crippen molar-refractivity contribution in [3.8, 4) is 0 Å². The van der Waals surface area contributed by atoms with Gasteiger partial charge >= 0.3 is 17.8 Å². The van der Waals surface area contributed by atoms with Crippen LogP contribution in [0.5, 0.6) is 0 Å². The van der Waals surface area contributed by atoms with Gasteiger partial charge in [-0.15, -0.1) is 23.1 Å². The molecular weight excluding hydrogens is 410 g/mol. The minimum atomic E-state index is -0.912. The normalized spacial score (nSPS) is 12.6. The van der Waals surface area contributed by atoms with Gasteiger partial charge in [0.1, 0.15) is 5.00 Å². The maximum absolute atomic E-state index is 12.3. The molecule has 0 bridgehead atoms. The molecule has 0 radical (unpaired) electrons. The van der Waals surface area contributed by atoms with E-state index in [-0.39, 0.29) is 6.61 Å². The summed E-state index contributed by atoms with van der Waals surface area (Å²) in [5.41, 5.74) is 4.28. The van der Waals surface area contributed by atoms with Gasteiger partial charge in [-0.05, 0) is 55.7 Å². The number of nitrogens with zero attached hydrogens (tertiary/aromatic N) is 1. The van der Waals surface area contributed by atoms with E-state index < -0.39 is 17.8 Å². The number of nitrogens with one attached hydrogen (secondary N) is 2. The molecule has 29 heavy (non-hydrogen) atoms. The third-order valence-corrected chi connectivity index (χ3v) is 6.28. The highest BCUT2D eigenvalue weighted by Crippen LogP contribution is 2.39. The molecule has 0 aliphatic heterocycles. The van der Waals surface area contributed by atoms with Gasteiger partial charge in [-0.2, -0.15) is 5.10 Å². The largest absolute Gasteiger partial charge is 0.462 e. The number of benzene rings is 1. The number of esters is 1. The number of hydrogen-bond donors (Lipinski definition) is 2. The Bertz CT molecular complexity index is 951. The third-order valence-electron chi connectivity index (χ3n) is 4.33. The highest BCUT2D eigenvalue weighted by atomic mass is 32.2. The van der Waals surface area contributed by atoms with Gasteiger partial charge in [0.05, 0.1) is 18.4 Å². The van der Waals surface area contributed by atoms with Crippen LogP contribution in [-0.4, -0.2) is 36.9 Å². The molecule has 9 heteroatoms. The van der Waals surface area contributed by atoms with Gasteiger partial charge in [-0.25, -0.2) is 10.2 Å². The van der Waals surface area contributed by atoms with Gasteiger partial charge in [0.25, 0.3) is 0 Å². The second-order valence-corrected chi connectivity index (χ2v) is 8.19. The number of carbonyl (C=O) groups is 3. The first-order valence-corrected chi connectivity index (χ1v) is 11.2. The van der Waals surface area contributed by atoms with Crippen LogP contribution in [0.2, 0.25) is 0 Å². The summed E-state index contributed by atoms with van der Waals surface area (Å²) in [5.74, 6) is -2.27. The second kappa shape index (κ2) is 9.71. The summed E-state index contributed by atoms with van der Waals surface area (Å²) in [6.45, 7) is 1.97. The molecule has 0 fully saturated rings. The first kappa shape index (κ1) is 21.1. The molecular formula is C20H21N3O4S2. The Morgan fingerprint density at radius 1 is 1.21 bits per heavy atom. The van der Waals surface area contributed by atoms with Crippen LogP contribution in [0.1, 0.15) is 39.7 Å². The lowest BCUT2D eigenvalue weighted by molar-refractivity contribution is -0.136. The zero-order valence-corrected chi connectivity index (χ0v) is 17.7. The van der Waals surface area contributed by atoms with Crippen LogP contribution in [0.25, 0.3) is 0 Å². The monoisotopic (exact) mass is 431 g/mol. The topological polar surface area (TPSA) is 96.9 Å². The molecule has 7 nitrogen and oxygen atoms in total. The van der Waals surface area contributed by atoms with E-state index in [1.165, 1.54) is 17.6 Å². The summed E-state index contributed by atoms with van der Waals surface area (Å²) in [7, 11) is 0. The zero-order chi connectivity index (χ0) is 20.8. The number of amides is 2. The average molecular weight is 432 g/mol. The van der Waals surface area contributed by atoms with Crippen molar-refractivity contribution in [2.24, 2.45) is 5.10 Å². The number of carbonyl (C=O) groups excluding carboxylic acids is 3. The van der Waals surface area contributed by atoms with E-state index in [0.29, 0.717) is 10.6 Å². The van der Waals surface area contributed by atoms with Crippen LogP contribution in [-0.2, 0) is 27.2 Å². The second-order valence-electron chi connectivity index (χ2n) is 6.21. The molecule has 0 spiro atoms. The Balaban J connectivity index is 1.64. The van der Waals surface area contributed by atoms with Crippen LogP contribution in [0.4, 0.5) is 5.00 Å². The zero-order valence-electron chi connectivity index (χ0n) is 16.1. The van der Waals surface area contributed by atoms with Crippen LogP contribution in [0, 0.1) is 0 Å². The van der Waals surface area contributed by atoms with E-state index in [4.69, 9.17) is 4.74 Å². The number of rotatable bonds is 6. The summed E-state index contributed by atoms with van der Waals surface area (Å²) in [4.78, 5) is 38.8. The Kier molecular flexibility index (Phi) is 7.05. The highest BCUT2D eigenvalue weighted by molar-refractivity contribution is 7.98. The number of thiophene rings is 1. The molecule has 1 aliphatic rings. The van der Waals surface area contributed by atoms with Crippen molar-refractivity contribution in [2.75, 3.05) is 18.2 Å². The van der Waals surface area contributed by atoms with Gasteiger partial charge in [0.2, 0.25) is 0 Å². The number of anilines is 1. The van der Waals surface area contributed by atoms with Crippen LogP contribution >= 0.6 is 23.1 Å². The molecule has 152 valence electrons. The first-order valence-electron chi connectivity index (χ1n) is 9.13. The fourth-order valence-electron chi connectivity index (χ4n) is 2.98. The molecule has 1 aliphatic carbocycles. The number of hydrazone groups is 1. The van der Waals surface area contributed by atoms with Crippen molar-refractivity contribution < 1.29 is 19.1 Å². The smallest absolute Gasteiger partial charge is 0.341 e. The van der Waals surface area contributed by atoms with Crippen LogP contribution < -0.4 is 10.7 Å². The van der Waals surface area contributed by atoms with Gasteiger partial charge in [-0.3, -0.25) is 9.59 Å². The molecule has 2 aromatic rings. The molecule has 2 amide bonds. The fraction of sp³-hybridized carbons (Fsp3) is 0.300. The van der Waals surface area contributed by atoms with Crippen molar-refractivity contribution in [3.63, 3.8) is 0 Å². The van der Waals surface area contributed by atoms with E-state index in [1.807, 2.05) is 30.5 Å². The number of aryl methyl sites for hydroxylation is 1. The molecule has 2 N–H and O–H groups in total. The van der Waals surface area contributed by atoms with Gasteiger partial charge in [0, 0.05) is 9.77 Å². The highest BCUT2D eigenvalue weighted by Gasteiger charge is 2.29. The first-order chi connectivity index (χ1) is 14.0. The summed E-state index contributed by atoms with van der Waals surface area (Å²) in [6, 6.07) is 7.60. The Morgan fingerprint density at radius 2 is 1.97 bits per heavy atom. The van der Waals surface area contributed by atoms with Gasteiger partial charge < -0.3 is 10.1 Å². The standard InChI is InChI=1S/C20H21N3O4S2/c1-3-27-20(26)16-14-5-4-6-15(14)29-19(16)22-17(24)18(25)23-21-11-12-7-9-13(28-2)10-8-12/h7-11H,3-6H2,1-2H3,(H,22,24)(H,23,25)/b21-11+. The molecule has 1 aromatic carbocycles. The van der Waals surface area contributed by atoms with Crippen molar-refractivity contribution in [2.45, 2.75) is 31.1 Å². The predicted molar refractivity (Wildman–Crippen MR) is 115 cm³/mol. The lowest BCUT2D eigenvalue weighted by atomic mass is 10.1. The minimum Gasteiger partial charge on any atom is -0.462 e. The van der Waals surface area contributed by atoms with Gasteiger partial charge in [0.15, 0.2) is 0 Å². The molecule has 0 saturated carbocycles. The molecule has 1 aromatic heterocycles. The van der Waals surface area contributed by atoms with E-state index in [9.17, 15) is 14.4 Å². The van der Waals surface area contributed by atoms with Crippen molar-refractivity contribution >= 4 is 52.1 Å². The van der Waals surface area contributed by atoms with E-state index in [1.54, 1.807) is 18.7 Å². The number of ether oxygens (including phenoxy) is 1. The maximum atomic E-state index is 12.3. The van der Waals surface area contributed by atoms with Crippen LogP contribution in [0.3, 0.4) is 0 Å². The van der Waals surface area contributed by atoms with Gasteiger partial charge in [-0.1, -0.05) is 12.1 Å². The maximum Gasteiger partial charge on any atom is 0.341 e. The summed E-state index contributed by atoms with van der Waals surface area (Å²) in [6.07, 6.45) is 6.03. The third kappa shape index (κ3) is 5.04. The molecule has 1 heterocycles. The molecule has 0 atom stereocenters. The van der Waals surface area contributed by atoms with Crippen molar-refractivity contribution in [1.82, 2.24) is 5.43 Å². The summed E-state index contributed by atoms with van der Waals surface area (Å²) >= 11 is 2.95. The SMILES string of the molecule is CCOC(=O)c1c(NC(=O)C(=O)N/N=C/c2ccc(SC)cc2)sc2c1CCC2. The number of hydrogen-bond acceptors (Lipinski definition) is 7. The average Bonchev–Trinajstić information content (AvgIpc) is 3.29.